The van der Waals surface area contributed by atoms with Gasteiger partial charge in [0.15, 0.2) is 5.82 Å². The molecule has 9 heteroatoms. The fourth-order valence-corrected chi connectivity index (χ4v) is 2.27. The third kappa shape index (κ3) is 3.40. The zero-order valence-electron chi connectivity index (χ0n) is 11.4. The van der Waals surface area contributed by atoms with E-state index in [1.54, 1.807) is 10.7 Å². The van der Waals surface area contributed by atoms with Crippen LogP contribution in [-0.2, 0) is 6.42 Å². The minimum atomic E-state index is -0.525. The molecule has 110 valence electrons. The van der Waals surface area contributed by atoms with Crippen LogP contribution in [0, 0.1) is 10.1 Å². The van der Waals surface area contributed by atoms with E-state index in [-0.39, 0.29) is 10.7 Å². The lowest BCUT2D eigenvalue weighted by Gasteiger charge is -2.01. The van der Waals surface area contributed by atoms with Crippen LogP contribution in [0.15, 0.2) is 28.5 Å². The highest BCUT2D eigenvalue weighted by atomic mass is 35.5. The quantitative estimate of drug-likeness (QED) is 0.365. The first-order valence-electron chi connectivity index (χ1n) is 6.03. The molecule has 1 heterocycles. The fraction of sp³-hybridized carbons (Fsp3) is 0.250. The molecule has 0 aliphatic carbocycles. The highest BCUT2D eigenvalue weighted by Crippen LogP contribution is 2.24. The number of hydrogen-bond acceptors (Lipinski definition) is 6. The van der Waals surface area contributed by atoms with Crippen LogP contribution in [-0.4, -0.2) is 32.3 Å². The number of benzene rings is 1. The number of rotatable bonds is 5. The number of aromatic nitrogens is 3. The number of thioether (sulfide) groups is 1. The molecule has 0 bridgehead atoms. The molecule has 0 amide bonds. The van der Waals surface area contributed by atoms with Crippen LogP contribution in [0.5, 0.6) is 0 Å². The fourth-order valence-electron chi connectivity index (χ4n) is 1.63. The van der Waals surface area contributed by atoms with Gasteiger partial charge in [-0.05, 0) is 12.3 Å². The van der Waals surface area contributed by atoms with Crippen molar-refractivity contribution in [2.24, 2.45) is 5.10 Å². The number of nitro benzene ring substituents is 1. The molecule has 1 aromatic heterocycles. The second kappa shape index (κ2) is 6.68. The third-order valence-electron chi connectivity index (χ3n) is 2.66. The molecule has 1 aromatic carbocycles. The summed E-state index contributed by atoms with van der Waals surface area (Å²) in [5.74, 6) is 0.721. The summed E-state index contributed by atoms with van der Waals surface area (Å²) in [7, 11) is 0. The lowest BCUT2D eigenvalue weighted by molar-refractivity contribution is -0.384. The normalized spacial score (nSPS) is 11.2. The van der Waals surface area contributed by atoms with Crippen LogP contribution in [0.1, 0.15) is 18.3 Å². The molecule has 0 radical (unpaired) electrons. The minimum absolute atomic E-state index is 0.0977. The van der Waals surface area contributed by atoms with E-state index in [9.17, 15) is 10.1 Å². The first-order chi connectivity index (χ1) is 10.1. The SMILES string of the molecule is CCc1nnc(SC)n1/N=C\c1ccc(Cl)c([N+](=O)[O-])c1. The van der Waals surface area contributed by atoms with Crippen molar-refractivity contribution in [3.8, 4) is 0 Å². The Bertz CT molecular complexity index is 679. The van der Waals surface area contributed by atoms with Crippen LogP contribution in [0.2, 0.25) is 5.02 Å². The lowest BCUT2D eigenvalue weighted by Crippen LogP contribution is -1.99. The predicted octanol–water partition coefficient (Wildman–Crippen LogP) is 3.01. The van der Waals surface area contributed by atoms with E-state index in [0.717, 1.165) is 5.82 Å². The van der Waals surface area contributed by atoms with E-state index < -0.39 is 4.92 Å². The van der Waals surface area contributed by atoms with Crippen molar-refractivity contribution in [2.45, 2.75) is 18.5 Å². The largest absolute Gasteiger partial charge is 0.288 e. The molecule has 21 heavy (non-hydrogen) atoms. The van der Waals surface area contributed by atoms with Crippen molar-refractivity contribution in [3.63, 3.8) is 0 Å². The second-order valence-corrected chi connectivity index (χ2v) is 5.16. The predicted molar refractivity (Wildman–Crippen MR) is 82.3 cm³/mol. The Labute approximate surface area is 130 Å². The monoisotopic (exact) mass is 325 g/mol. The molecule has 7 nitrogen and oxygen atoms in total. The maximum atomic E-state index is 10.9. The molecule has 0 aliphatic heterocycles. The van der Waals surface area contributed by atoms with Gasteiger partial charge < -0.3 is 0 Å². The Morgan fingerprint density at radius 1 is 1.52 bits per heavy atom. The van der Waals surface area contributed by atoms with E-state index in [0.29, 0.717) is 17.1 Å². The van der Waals surface area contributed by atoms with Crippen LogP contribution < -0.4 is 0 Å². The minimum Gasteiger partial charge on any atom is -0.258 e. The first-order valence-corrected chi connectivity index (χ1v) is 7.63. The summed E-state index contributed by atoms with van der Waals surface area (Å²) < 4.78 is 1.62. The van der Waals surface area contributed by atoms with Gasteiger partial charge in [-0.25, -0.2) is 0 Å². The van der Waals surface area contributed by atoms with Crippen molar-refractivity contribution in [3.05, 3.63) is 44.7 Å². The molecule has 0 aliphatic rings. The van der Waals surface area contributed by atoms with Gasteiger partial charge in [-0.1, -0.05) is 36.4 Å². The van der Waals surface area contributed by atoms with Crippen LogP contribution in [0.3, 0.4) is 0 Å². The number of halogens is 1. The van der Waals surface area contributed by atoms with Gasteiger partial charge in [0.05, 0.1) is 11.1 Å². The maximum Gasteiger partial charge on any atom is 0.288 e. The summed E-state index contributed by atoms with van der Waals surface area (Å²) in [4.78, 5) is 10.3. The van der Waals surface area contributed by atoms with Gasteiger partial charge in [-0.15, -0.1) is 10.2 Å². The van der Waals surface area contributed by atoms with Gasteiger partial charge in [0.1, 0.15) is 5.02 Å². The Balaban J connectivity index is 2.36. The van der Waals surface area contributed by atoms with E-state index in [2.05, 4.69) is 15.3 Å². The van der Waals surface area contributed by atoms with E-state index >= 15 is 0 Å². The number of nitro groups is 1. The van der Waals surface area contributed by atoms with Gasteiger partial charge in [0.2, 0.25) is 5.16 Å². The topological polar surface area (TPSA) is 86.2 Å². The molecule has 0 unspecified atom stereocenters. The molecule has 0 saturated carbocycles. The zero-order chi connectivity index (χ0) is 15.4. The second-order valence-electron chi connectivity index (χ2n) is 3.98. The highest BCUT2D eigenvalue weighted by molar-refractivity contribution is 7.98. The Morgan fingerprint density at radius 3 is 2.90 bits per heavy atom. The summed E-state index contributed by atoms with van der Waals surface area (Å²) in [6, 6.07) is 4.51. The van der Waals surface area contributed by atoms with Crippen LogP contribution in [0.25, 0.3) is 0 Å². The van der Waals surface area contributed by atoms with Crippen molar-refractivity contribution >= 4 is 35.3 Å². The Kier molecular flexibility index (Phi) is 4.92. The van der Waals surface area contributed by atoms with Crippen LogP contribution >= 0.6 is 23.4 Å². The van der Waals surface area contributed by atoms with Gasteiger partial charge in [-0.2, -0.15) is 9.78 Å². The number of hydrogen-bond donors (Lipinski definition) is 0. The maximum absolute atomic E-state index is 10.9. The lowest BCUT2D eigenvalue weighted by atomic mass is 10.2. The van der Waals surface area contributed by atoms with Crippen molar-refractivity contribution in [2.75, 3.05) is 6.26 Å². The smallest absolute Gasteiger partial charge is 0.258 e. The van der Waals surface area contributed by atoms with Gasteiger partial charge in [0.25, 0.3) is 5.69 Å². The zero-order valence-corrected chi connectivity index (χ0v) is 12.9. The molecule has 0 N–H and O–H groups in total. The number of aryl methyl sites for hydroxylation is 1. The molecule has 0 fully saturated rings. The van der Waals surface area contributed by atoms with Crippen molar-refractivity contribution in [1.29, 1.82) is 0 Å². The van der Waals surface area contributed by atoms with Gasteiger partial charge >= 0.3 is 0 Å². The van der Waals surface area contributed by atoms with Crippen molar-refractivity contribution < 1.29 is 4.92 Å². The summed E-state index contributed by atoms with van der Waals surface area (Å²) in [6.45, 7) is 1.95. The molecule has 0 spiro atoms. The average molecular weight is 326 g/mol. The van der Waals surface area contributed by atoms with Gasteiger partial charge in [0, 0.05) is 18.1 Å². The molecule has 2 aromatic rings. The highest BCUT2D eigenvalue weighted by Gasteiger charge is 2.12. The van der Waals surface area contributed by atoms with E-state index in [1.807, 2.05) is 13.2 Å². The first kappa shape index (κ1) is 15.5. The molecular weight excluding hydrogens is 314 g/mol. The summed E-state index contributed by atoms with van der Waals surface area (Å²) in [5, 5.41) is 23.9. The van der Waals surface area contributed by atoms with Crippen LogP contribution in [0.4, 0.5) is 5.69 Å². The summed E-state index contributed by atoms with van der Waals surface area (Å²) in [6.07, 6.45) is 4.08. The van der Waals surface area contributed by atoms with Crippen molar-refractivity contribution in [1.82, 2.24) is 14.9 Å². The molecule has 0 saturated heterocycles. The Morgan fingerprint density at radius 2 is 2.29 bits per heavy atom. The average Bonchev–Trinajstić information content (AvgIpc) is 2.88. The van der Waals surface area contributed by atoms with E-state index in [1.165, 1.54) is 30.1 Å². The molecule has 0 atom stereocenters. The Hall–Kier alpha value is -1.93. The van der Waals surface area contributed by atoms with Gasteiger partial charge in [-0.3, -0.25) is 10.1 Å². The number of nitrogens with zero attached hydrogens (tertiary/aromatic N) is 5. The standard InChI is InChI=1S/C12H12ClN5O2S/c1-3-11-15-16-12(21-2)17(11)14-7-8-4-5-9(13)10(6-8)18(19)20/h4-7H,3H2,1-2H3/b14-7-. The third-order valence-corrected chi connectivity index (χ3v) is 3.60. The summed E-state index contributed by atoms with van der Waals surface area (Å²) >= 11 is 7.20. The summed E-state index contributed by atoms with van der Waals surface area (Å²) in [5.41, 5.74) is 0.430. The molecular formula is C12H12ClN5O2S. The van der Waals surface area contributed by atoms with E-state index in [4.69, 9.17) is 11.6 Å². The molecule has 2 rings (SSSR count).